The number of nitrogens with one attached hydrogen (secondary N) is 1. The Hall–Kier alpha value is -0.650. The number of fused-ring (bicyclic) bond motifs is 1. The van der Waals surface area contributed by atoms with Gasteiger partial charge in [-0.3, -0.25) is 4.79 Å². The van der Waals surface area contributed by atoms with Gasteiger partial charge in [0.25, 0.3) is 5.91 Å². The molecule has 0 aromatic heterocycles. The Labute approximate surface area is 101 Å². The van der Waals surface area contributed by atoms with Crippen LogP contribution in [-0.2, 0) is 14.3 Å². The molecule has 0 radical (unpaired) electrons. The summed E-state index contributed by atoms with van der Waals surface area (Å²) < 4.78 is 10.8. The van der Waals surface area contributed by atoms with Crippen LogP contribution in [0.1, 0.15) is 6.42 Å². The van der Waals surface area contributed by atoms with Gasteiger partial charge in [-0.15, -0.1) is 0 Å². The maximum atomic E-state index is 12.2. The summed E-state index contributed by atoms with van der Waals surface area (Å²) in [6.07, 6.45) is 0.756. The highest BCUT2D eigenvalue weighted by molar-refractivity contribution is 5.81. The van der Waals surface area contributed by atoms with Crippen LogP contribution in [0.4, 0.5) is 0 Å². The molecule has 0 aromatic rings. The van der Waals surface area contributed by atoms with Gasteiger partial charge >= 0.3 is 0 Å². The summed E-state index contributed by atoms with van der Waals surface area (Å²) in [4.78, 5) is 14.2. The highest BCUT2D eigenvalue weighted by Gasteiger charge is 2.37. The van der Waals surface area contributed by atoms with Crippen LogP contribution < -0.4 is 5.32 Å². The number of hydrogen-bond acceptors (Lipinski definition) is 4. The average Bonchev–Trinajstić information content (AvgIpc) is 2.86. The molecule has 5 nitrogen and oxygen atoms in total. The summed E-state index contributed by atoms with van der Waals surface area (Å²) in [7, 11) is 0. The van der Waals surface area contributed by atoms with E-state index in [0.29, 0.717) is 25.7 Å². The van der Waals surface area contributed by atoms with Gasteiger partial charge < -0.3 is 19.7 Å². The first-order valence-corrected chi connectivity index (χ1v) is 6.53. The fraction of sp³-hybridized carbons (Fsp3) is 0.917. The molecule has 3 unspecified atom stereocenters. The van der Waals surface area contributed by atoms with Gasteiger partial charge in [-0.25, -0.2) is 0 Å². The SMILES string of the molecule is O=C(C1COCCO1)N1CCC2CNCC2C1. The zero-order chi connectivity index (χ0) is 11.7. The number of rotatable bonds is 1. The summed E-state index contributed by atoms with van der Waals surface area (Å²) >= 11 is 0. The number of amides is 1. The second-order valence-electron chi connectivity index (χ2n) is 5.19. The number of nitrogens with zero attached hydrogens (tertiary/aromatic N) is 1. The average molecular weight is 240 g/mol. The van der Waals surface area contributed by atoms with Crippen LogP contribution in [0.2, 0.25) is 0 Å². The van der Waals surface area contributed by atoms with Crippen LogP contribution in [-0.4, -0.2) is 62.9 Å². The van der Waals surface area contributed by atoms with Crippen LogP contribution in [0.25, 0.3) is 0 Å². The zero-order valence-corrected chi connectivity index (χ0v) is 10.1. The maximum absolute atomic E-state index is 12.2. The summed E-state index contributed by atoms with van der Waals surface area (Å²) in [5.41, 5.74) is 0. The van der Waals surface area contributed by atoms with Gasteiger partial charge in [0.2, 0.25) is 0 Å². The van der Waals surface area contributed by atoms with Gasteiger partial charge in [-0.05, 0) is 31.3 Å². The number of carbonyl (C=O) groups is 1. The molecule has 1 amide bonds. The van der Waals surface area contributed by atoms with E-state index in [0.717, 1.165) is 38.5 Å². The molecular formula is C12H20N2O3. The predicted octanol–water partition coefficient (Wildman–Crippen LogP) is -0.530. The minimum atomic E-state index is -0.366. The fourth-order valence-corrected chi connectivity index (χ4v) is 3.07. The first kappa shape index (κ1) is 11.4. The van der Waals surface area contributed by atoms with E-state index in [1.807, 2.05) is 4.90 Å². The summed E-state index contributed by atoms with van der Waals surface area (Å²) in [6, 6.07) is 0. The van der Waals surface area contributed by atoms with Crippen molar-refractivity contribution in [1.82, 2.24) is 10.2 Å². The highest BCUT2D eigenvalue weighted by Crippen LogP contribution is 2.27. The monoisotopic (exact) mass is 240 g/mol. The van der Waals surface area contributed by atoms with Gasteiger partial charge in [0, 0.05) is 13.1 Å². The van der Waals surface area contributed by atoms with E-state index >= 15 is 0 Å². The van der Waals surface area contributed by atoms with Gasteiger partial charge in [0.05, 0.1) is 19.8 Å². The second kappa shape index (κ2) is 4.92. The van der Waals surface area contributed by atoms with Crippen LogP contribution in [0.15, 0.2) is 0 Å². The molecule has 3 fully saturated rings. The molecule has 1 N–H and O–H groups in total. The molecule has 96 valence electrons. The lowest BCUT2D eigenvalue weighted by molar-refractivity contribution is -0.160. The van der Waals surface area contributed by atoms with Gasteiger partial charge in [0.15, 0.2) is 6.10 Å². The molecule has 3 heterocycles. The zero-order valence-electron chi connectivity index (χ0n) is 10.1. The molecule has 3 saturated heterocycles. The summed E-state index contributed by atoms with van der Waals surface area (Å²) in [5.74, 6) is 1.52. The summed E-state index contributed by atoms with van der Waals surface area (Å²) in [6.45, 7) is 5.50. The minimum absolute atomic E-state index is 0.120. The van der Waals surface area contributed by atoms with Crippen molar-refractivity contribution in [2.75, 3.05) is 46.0 Å². The van der Waals surface area contributed by atoms with Crippen LogP contribution >= 0.6 is 0 Å². The second-order valence-corrected chi connectivity index (χ2v) is 5.19. The molecule has 5 heteroatoms. The Bertz CT molecular complexity index is 291. The first-order valence-electron chi connectivity index (χ1n) is 6.53. The standard InChI is InChI=1S/C12H20N2O3/c15-12(11-8-16-3-4-17-11)14-2-1-9-5-13-6-10(9)7-14/h9-11,13H,1-8H2. The van der Waals surface area contributed by atoms with Crippen molar-refractivity contribution in [2.45, 2.75) is 12.5 Å². The van der Waals surface area contributed by atoms with Crippen LogP contribution in [0.3, 0.4) is 0 Å². The number of carbonyl (C=O) groups excluding carboxylic acids is 1. The third-order valence-corrected chi connectivity index (χ3v) is 4.11. The summed E-state index contributed by atoms with van der Waals surface area (Å²) in [5, 5.41) is 3.41. The molecule has 3 atom stereocenters. The largest absolute Gasteiger partial charge is 0.376 e. The number of piperidine rings is 1. The first-order chi connectivity index (χ1) is 8.34. The smallest absolute Gasteiger partial charge is 0.254 e. The molecular weight excluding hydrogens is 220 g/mol. The van der Waals surface area contributed by atoms with Crippen LogP contribution in [0.5, 0.6) is 0 Å². The molecule has 0 bridgehead atoms. The number of hydrogen-bond donors (Lipinski definition) is 1. The molecule has 0 aromatic carbocycles. The quantitative estimate of drug-likeness (QED) is 0.669. The van der Waals surface area contributed by atoms with E-state index < -0.39 is 0 Å². The third kappa shape index (κ3) is 2.32. The van der Waals surface area contributed by atoms with E-state index in [1.165, 1.54) is 0 Å². The van der Waals surface area contributed by atoms with E-state index in [1.54, 1.807) is 0 Å². The predicted molar refractivity (Wildman–Crippen MR) is 61.6 cm³/mol. The Morgan fingerprint density at radius 3 is 2.94 bits per heavy atom. The molecule has 0 spiro atoms. The lowest BCUT2D eigenvalue weighted by Crippen LogP contribution is -2.50. The number of ether oxygens (including phenoxy) is 2. The number of likely N-dealkylation sites (tertiary alicyclic amines) is 1. The van der Waals surface area contributed by atoms with E-state index in [4.69, 9.17) is 9.47 Å². The minimum Gasteiger partial charge on any atom is -0.376 e. The third-order valence-electron chi connectivity index (χ3n) is 4.11. The Morgan fingerprint density at radius 1 is 1.24 bits per heavy atom. The van der Waals surface area contributed by atoms with Crippen molar-refractivity contribution in [3.8, 4) is 0 Å². The lowest BCUT2D eigenvalue weighted by atomic mass is 9.88. The van der Waals surface area contributed by atoms with Crippen molar-refractivity contribution in [3.05, 3.63) is 0 Å². The van der Waals surface area contributed by atoms with Crippen molar-refractivity contribution in [1.29, 1.82) is 0 Å². The Kier molecular flexibility index (Phi) is 3.31. The van der Waals surface area contributed by atoms with Crippen LogP contribution in [0, 0.1) is 11.8 Å². The topological polar surface area (TPSA) is 50.8 Å². The van der Waals surface area contributed by atoms with Crippen molar-refractivity contribution in [2.24, 2.45) is 11.8 Å². The highest BCUT2D eigenvalue weighted by atomic mass is 16.6. The van der Waals surface area contributed by atoms with Crippen molar-refractivity contribution in [3.63, 3.8) is 0 Å². The van der Waals surface area contributed by atoms with Crippen molar-refractivity contribution < 1.29 is 14.3 Å². The fourth-order valence-electron chi connectivity index (χ4n) is 3.07. The van der Waals surface area contributed by atoms with E-state index in [2.05, 4.69) is 5.32 Å². The molecule has 3 rings (SSSR count). The van der Waals surface area contributed by atoms with Gasteiger partial charge in [-0.1, -0.05) is 0 Å². The lowest BCUT2D eigenvalue weighted by Gasteiger charge is -2.36. The Balaban J connectivity index is 1.58. The van der Waals surface area contributed by atoms with Gasteiger partial charge in [0.1, 0.15) is 0 Å². The van der Waals surface area contributed by atoms with E-state index in [9.17, 15) is 4.79 Å². The Morgan fingerprint density at radius 2 is 2.12 bits per heavy atom. The molecule has 17 heavy (non-hydrogen) atoms. The maximum Gasteiger partial charge on any atom is 0.254 e. The normalized spacial score (nSPS) is 37.9. The molecule has 3 aliphatic rings. The molecule has 3 aliphatic heterocycles. The van der Waals surface area contributed by atoms with Crippen molar-refractivity contribution >= 4 is 5.91 Å². The van der Waals surface area contributed by atoms with E-state index in [-0.39, 0.29) is 12.0 Å². The van der Waals surface area contributed by atoms with Gasteiger partial charge in [-0.2, -0.15) is 0 Å². The molecule has 0 aliphatic carbocycles. The molecule has 0 saturated carbocycles.